The first-order chi connectivity index (χ1) is 19.0. The fourth-order valence-corrected chi connectivity index (χ4v) is 6.68. The first-order valence-corrected chi connectivity index (χ1v) is 14.8. The first-order valence-electron chi connectivity index (χ1n) is 13.3. The lowest BCUT2D eigenvalue weighted by Gasteiger charge is -2.34. The molecule has 3 heterocycles. The third-order valence-electron chi connectivity index (χ3n) is 7.60. The summed E-state index contributed by atoms with van der Waals surface area (Å²) in [7, 11) is -3.86. The topological polar surface area (TPSA) is 108 Å². The lowest BCUT2D eigenvalue weighted by molar-refractivity contribution is 0.0746. The van der Waals surface area contributed by atoms with E-state index in [1.54, 1.807) is 42.6 Å². The number of carbonyl (C=O) groups is 1. The Hall–Kier alpha value is -4.05. The molecule has 1 N–H and O–H groups in total. The highest BCUT2D eigenvalue weighted by molar-refractivity contribution is 7.93. The molecule has 1 amide bonds. The van der Waals surface area contributed by atoms with E-state index >= 15 is 0 Å². The largest absolute Gasteiger partial charge is 0.337 e. The number of sulfonamides is 1. The molecule has 2 fully saturated rings. The molecule has 2 aliphatic rings. The number of para-hydroxylation sites is 1. The van der Waals surface area contributed by atoms with Crippen molar-refractivity contribution in [2.24, 2.45) is 0 Å². The molecule has 1 aliphatic heterocycles. The van der Waals surface area contributed by atoms with Crippen LogP contribution in [0.1, 0.15) is 47.5 Å². The van der Waals surface area contributed by atoms with Gasteiger partial charge in [-0.25, -0.2) is 18.4 Å². The van der Waals surface area contributed by atoms with Gasteiger partial charge in [-0.15, -0.1) is 0 Å². The second-order valence-corrected chi connectivity index (χ2v) is 11.7. The molecule has 1 saturated carbocycles. The van der Waals surface area contributed by atoms with E-state index in [2.05, 4.69) is 24.6 Å². The molecule has 1 saturated heterocycles. The average molecular weight is 543 g/mol. The fourth-order valence-electron chi connectivity index (χ4n) is 5.44. The summed E-state index contributed by atoms with van der Waals surface area (Å²) in [6, 6.07) is 15.2. The Morgan fingerprint density at radius 3 is 2.26 bits per heavy atom. The van der Waals surface area contributed by atoms with E-state index in [1.165, 1.54) is 37.3 Å². The number of hydrogen-bond donors (Lipinski definition) is 1. The molecule has 10 heteroatoms. The lowest BCUT2D eigenvalue weighted by atomic mass is 10.0. The third kappa shape index (κ3) is 5.29. The van der Waals surface area contributed by atoms with Crippen LogP contribution in [-0.4, -0.2) is 60.4 Å². The van der Waals surface area contributed by atoms with Crippen LogP contribution in [0.25, 0.3) is 10.9 Å². The van der Waals surface area contributed by atoms with Gasteiger partial charge in [-0.2, -0.15) is 0 Å². The maximum absolute atomic E-state index is 13.1. The van der Waals surface area contributed by atoms with Crippen molar-refractivity contribution in [1.82, 2.24) is 19.9 Å². The zero-order valence-electron chi connectivity index (χ0n) is 21.5. The van der Waals surface area contributed by atoms with Crippen LogP contribution in [0.3, 0.4) is 0 Å². The van der Waals surface area contributed by atoms with Gasteiger partial charge in [0.05, 0.1) is 5.52 Å². The van der Waals surface area contributed by atoms with E-state index in [-0.39, 0.29) is 10.8 Å². The normalized spacial score (nSPS) is 16.5. The van der Waals surface area contributed by atoms with Gasteiger partial charge in [0.15, 0.2) is 0 Å². The Morgan fingerprint density at radius 1 is 0.846 bits per heavy atom. The Labute approximate surface area is 228 Å². The number of nitrogens with zero attached hydrogens (tertiary/aromatic N) is 5. The van der Waals surface area contributed by atoms with Crippen LogP contribution in [0.5, 0.6) is 0 Å². The van der Waals surface area contributed by atoms with Crippen LogP contribution in [0.2, 0.25) is 0 Å². The SMILES string of the molecule is O=C(c1ccc(NS(=O)(=O)c2cccc3cccnc23)cc1)N1CCN(c2ncc(C3CCCC3)cn2)CC1. The second kappa shape index (κ2) is 10.6. The van der Waals surface area contributed by atoms with Gasteiger partial charge in [0.1, 0.15) is 4.90 Å². The van der Waals surface area contributed by atoms with Crippen LogP contribution in [0.15, 0.2) is 78.1 Å². The molecular weight excluding hydrogens is 512 g/mol. The minimum atomic E-state index is -3.86. The van der Waals surface area contributed by atoms with Crippen molar-refractivity contribution in [1.29, 1.82) is 0 Å². The number of hydrogen-bond acceptors (Lipinski definition) is 7. The number of aromatic nitrogens is 3. The van der Waals surface area contributed by atoms with E-state index < -0.39 is 10.0 Å². The maximum Gasteiger partial charge on any atom is 0.264 e. The van der Waals surface area contributed by atoms with E-state index in [0.29, 0.717) is 54.8 Å². The number of anilines is 2. The van der Waals surface area contributed by atoms with Crippen LogP contribution in [-0.2, 0) is 10.0 Å². The highest BCUT2D eigenvalue weighted by Crippen LogP contribution is 2.33. The number of piperazine rings is 1. The Bertz CT molecular complexity index is 1570. The standard InChI is InChI=1S/C29H30N6O3S/c36-28(34-15-17-35(18-16-34)29-31-19-24(20-32-29)21-5-1-2-6-21)23-10-12-25(13-11-23)33-39(37,38)26-9-3-7-22-8-4-14-30-27(22)26/h3-4,7-14,19-21,33H,1-2,5-6,15-18H2. The van der Waals surface area contributed by atoms with E-state index in [0.717, 1.165) is 5.39 Å². The number of benzene rings is 2. The molecule has 2 aromatic carbocycles. The third-order valence-corrected chi connectivity index (χ3v) is 9.02. The van der Waals surface area contributed by atoms with Gasteiger partial charge in [-0.1, -0.05) is 31.0 Å². The minimum absolute atomic E-state index is 0.0835. The highest BCUT2D eigenvalue weighted by atomic mass is 32.2. The Morgan fingerprint density at radius 2 is 1.54 bits per heavy atom. The molecule has 0 atom stereocenters. The summed E-state index contributed by atoms with van der Waals surface area (Å²) < 4.78 is 28.8. The van der Waals surface area contributed by atoms with Crippen molar-refractivity contribution in [2.75, 3.05) is 35.8 Å². The van der Waals surface area contributed by atoms with Crippen molar-refractivity contribution in [2.45, 2.75) is 36.5 Å². The number of carbonyl (C=O) groups excluding carboxylic acids is 1. The van der Waals surface area contributed by atoms with E-state index in [4.69, 9.17) is 0 Å². The van der Waals surface area contributed by atoms with Crippen molar-refractivity contribution < 1.29 is 13.2 Å². The van der Waals surface area contributed by atoms with Crippen molar-refractivity contribution in [3.05, 3.63) is 84.3 Å². The van der Waals surface area contributed by atoms with Gasteiger partial charge in [-0.05, 0) is 60.7 Å². The predicted octanol–water partition coefficient (Wildman–Crippen LogP) is 4.45. The number of rotatable bonds is 6. The van der Waals surface area contributed by atoms with Crippen molar-refractivity contribution >= 4 is 38.5 Å². The van der Waals surface area contributed by atoms with Crippen LogP contribution >= 0.6 is 0 Å². The summed E-state index contributed by atoms with van der Waals surface area (Å²) in [6.45, 7) is 2.45. The summed E-state index contributed by atoms with van der Waals surface area (Å²) in [5, 5.41) is 0.745. The lowest BCUT2D eigenvalue weighted by Crippen LogP contribution is -2.49. The Kier molecular flexibility index (Phi) is 6.86. The van der Waals surface area contributed by atoms with Gasteiger partial charge in [0.25, 0.3) is 15.9 Å². The number of amides is 1. The molecule has 6 rings (SSSR count). The molecule has 0 unspecified atom stereocenters. The maximum atomic E-state index is 13.1. The van der Waals surface area contributed by atoms with Crippen LogP contribution < -0.4 is 9.62 Å². The molecule has 2 aromatic heterocycles. The smallest absolute Gasteiger partial charge is 0.264 e. The minimum Gasteiger partial charge on any atom is -0.337 e. The molecule has 0 bridgehead atoms. The van der Waals surface area contributed by atoms with Gasteiger partial charge < -0.3 is 9.80 Å². The van der Waals surface area contributed by atoms with Gasteiger partial charge in [0, 0.05) is 61.4 Å². The molecule has 39 heavy (non-hydrogen) atoms. The monoisotopic (exact) mass is 542 g/mol. The number of nitrogens with one attached hydrogen (secondary N) is 1. The van der Waals surface area contributed by atoms with E-state index in [1.807, 2.05) is 29.4 Å². The summed E-state index contributed by atoms with van der Waals surface area (Å²) >= 11 is 0. The molecule has 1 aliphatic carbocycles. The predicted molar refractivity (Wildman–Crippen MR) is 150 cm³/mol. The molecular formula is C29H30N6O3S. The second-order valence-electron chi connectivity index (χ2n) is 10.1. The van der Waals surface area contributed by atoms with E-state index in [9.17, 15) is 13.2 Å². The summed E-state index contributed by atoms with van der Waals surface area (Å²) in [5.41, 5.74) is 2.52. The van der Waals surface area contributed by atoms with Gasteiger partial charge >= 0.3 is 0 Å². The first kappa shape index (κ1) is 25.2. The molecule has 0 spiro atoms. The zero-order chi connectivity index (χ0) is 26.8. The number of pyridine rings is 1. The Balaban J connectivity index is 1.07. The summed E-state index contributed by atoms with van der Waals surface area (Å²) in [4.78, 5) is 30.6. The highest BCUT2D eigenvalue weighted by Gasteiger charge is 2.25. The van der Waals surface area contributed by atoms with Crippen LogP contribution in [0.4, 0.5) is 11.6 Å². The fraction of sp³-hybridized carbons (Fsp3) is 0.310. The quantitative estimate of drug-likeness (QED) is 0.384. The van der Waals surface area contributed by atoms with Crippen LogP contribution in [0, 0.1) is 0 Å². The molecule has 0 radical (unpaired) electrons. The average Bonchev–Trinajstić information content (AvgIpc) is 3.52. The molecule has 9 nitrogen and oxygen atoms in total. The van der Waals surface area contributed by atoms with Crippen molar-refractivity contribution in [3.63, 3.8) is 0 Å². The van der Waals surface area contributed by atoms with Gasteiger partial charge in [0.2, 0.25) is 5.95 Å². The molecule has 4 aromatic rings. The van der Waals surface area contributed by atoms with Gasteiger partial charge in [-0.3, -0.25) is 14.5 Å². The number of fused-ring (bicyclic) bond motifs is 1. The summed E-state index contributed by atoms with van der Waals surface area (Å²) in [6.07, 6.45) is 10.5. The van der Waals surface area contributed by atoms with Crippen molar-refractivity contribution in [3.8, 4) is 0 Å². The summed E-state index contributed by atoms with van der Waals surface area (Å²) in [5.74, 6) is 1.21. The zero-order valence-corrected chi connectivity index (χ0v) is 22.3. The molecule has 200 valence electrons.